The molecule has 1 aliphatic heterocycles. The zero-order valence-corrected chi connectivity index (χ0v) is 20.4. The summed E-state index contributed by atoms with van der Waals surface area (Å²) in [6, 6.07) is 7.67. The van der Waals surface area contributed by atoms with Gasteiger partial charge in [-0.2, -0.15) is 11.8 Å². The predicted octanol–water partition coefficient (Wildman–Crippen LogP) is 2.73. The molecule has 27 heavy (non-hydrogen) atoms. The summed E-state index contributed by atoms with van der Waals surface area (Å²) < 4.78 is 26.4. The van der Waals surface area contributed by atoms with Crippen LogP contribution in [0, 0.1) is 0 Å². The summed E-state index contributed by atoms with van der Waals surface area (Å²) in [6.07, 6.45) is 0. The first-order valence-corrected chi connectivity index (χ1v) is 11.9. The van der Waals surface area contributed by atoms with Crippen LogP contribution in [-0.4, -0.2) is 74.1 Å². The maximum absolute atomic E-state index is 12.4. The third kappa shape index (κ3) is 8.35. The van der Waals surface area contributed by atoms with Gasteiger partial charge in [-0.15, -0.1) is 24.0 Å². The predicted molar refractivity (Wildman–Crippen MR) is 127 cm³/mol. The van der Waals surface area contributed by atoms with Gasteiger partial charge >= 0.3 is 0 Å². The number of guanidine groups is 1. The fourth-order valence-electron chi connectivity index (χ4n) is 2.63. The summed E-state index contributed by atoms with van der Waals surface area (Å²) in [4.78, 5) is 6.48. The van der Waals surface area contributed by atoms with E-state index in [1.807, 2.05) is 43.1 Å². The highest BCUT2D eigenvalue weighted by atomic mass is 127. The van der Waals surface area contributed by atoms with Gasteiger partial charge in [0.1, 0.15) is 0 Å². The first-order chi connectivity index (χ1) is 12.4. The van der Waals surface area contributed by atoms with Crippen molar-refractivity contribution in [3.63, 3.8) is 0 Å². The Labute approximate surface area is 189 Å². The Morgan fingerprint density at radius 1 is 1.30 bits per heavy atom. The minimum Gasteiger partial charge on any atom is -0.357 e. The second-order valence-electron chi connectivity index (χ2n) is 6.05. The molecule has 1 fully saturated rings. The minimum absolute atomic E-state index is 0. The summed E-state index contributed by atoms with van der Waals surface area (Å²) in [7, 11) is -1.29. The molecular formula is C17H28ClIN4O2S2. The van der Waals surface area contributed by atoms with E-state index in [4.69, 9.17) is 11.6 Å². The zero-order valence-electron chi connectivity index (χ0n) is 15.7. The Hall–Kier alpha value is -0.230. The summed E-state index contributed by atoms with van der Waals surface area (Å²) >= 11 is 7.72. The first kappa shape index (κ1) is 24.8. The van der Waals surface area contributed by atoms with Gasteiger partial charge in [-0.1, -0.05) is 23.7 Å². The second kappa shape index (κ2) is 12.4. The molecule has 10 heteroatoms. The highest BCUT2D eigenvalue weighted by Crippen LogP contribution is 2.13. The topological polar surface area (TPSA) is 65.0 Å². The van der Waals surface area contributed by atoms with Gasteiger partial charge in [0, 0.05) is 49.8 Å². The number of hydrogen-bond acceptors (Lipinski definition) is 4. The molecule has 0 aromatic heterocycles. The van der Waals surface area contributed by atoms with Crippen LogP contribution in [-0.2, 0) is 16.6 Å². The van der Waals surface area contributed by atoms with Crippen LogP contribution in [0.4, 0.5) is 0 Å². The zero-order chi connectivity index (χ0) is 19.0. The molecule has 0 aliphatic carbocycles. The van der Waals surface area contributed by atoms with E-state index in [2.05, 4.69) is 10.3 Å². The normalized spacial score (nSPS) is 15.9. The molecule has 0 spiro atoms. The van der Waals surface area contributed by atoms with Crippen LogP contribution in [0.1, 0.15) is 12.5 Å². The van der Waals surface area contributed by atoms with Crippen molar-refractivity contribution in [3.05, 3.63) is 34.9 Å². The average Bonchev–Trinajstić information content (AvgIpc) is 2.63. The third-order valence-corrected chi connectivity index (χ3v) is 7.05. The molecule has 2 rings (SSSR count). The van der Waals surface area contributed by atoms with Crippen LogP contribution in [0.15, 0.2) is 29.3 Å². The maximum Gasteiger partial charge on any atom is 0.215 e. The van der Waals surface area contributed by atoms with E-state index in [1.54, 1.807) is 16.1 Å². The van der Waals surface area contributed by atoms with Gasteiger partial charge in [-0.05, 0) is 24.6 Å². The van der Waals surface area contributed by atoms with Crippen molar-refractivity contribution in [2.75, 3.05) is 50.5 Å². The summed E-state index contributed by atoms with van der Waals surface area (Å²) in [5.74, 6) is 2.48. The molecule has 0 amide bonds. The summed E-state index contributed by atoms with van der Waals surface area (Å²) in [5, 5.41) is 3.92. The number of thioether (sulfide) groups is 1. The number of hydrogen-bond donors (Lipinski definition) is 1. The smallest absolute Gasteiger partial charge is 0.215 e. The monoisotopic (exact) mass is 546 g/mol. The van der Waals surface area contributed by atoms with Gasteiger partial charge in [-0.25, -0.2) is 12.7 Å². The lowest BCUT2D eigenvalue weighted by molar-refractivity contribution is 0.443. The van der Waals surface area contributed by atoms with Crippen LogP contribution in [0.3, 0.4) is 0 Å². The Kier molecular flexibility index (Phi) is 11.4. The van der Waals surface area contributed by atoms with Crippen molar-refractivity contribution in [1.82, 2.24) is 14.5 Å². The lowest BCUT2D eigenvalue weighted by Gasteiger charge is -2.25. The first-order valence-electron chi connectivity index (χ1n) is 8.72. The molecule has 1 aliphatic rings. The van der Waals surface area contributed by atoms with Crippen LogP contribution < -0.4 is 5.32 Å². The number of halogens is 2. The molecular weight excluding hydrogens is 519 g/mol. The fourth-order valence-corrected chi connectivity index (χ4v) is 5.21. The number of rotatable bonds is 7. The van der Waals surface area contributed by atoms with Gasteiger partial charge < -0.3 is 10.2 Å². The van der Waals surface area contributed by atoms with E-state index in [-0.39, 0.29) is 36.3 Å². The van der Waals surface area contributed by atoms with Crippen LogP contribution in [0.5, 0.6) is 0 Å². The van der Waals surface area contributed by atoms with E-state index in [0.717, 1.165) is 23.6 Å². The van der Waals surface area contributed by atoms with Crippen molar-refractivity contribution < 1.29 is 8.42 Å². The van der Waals surface area contributed by atoms with Crippen molar-refractivity contribution in [3.8, 4) is 0 Å². The number of benzene rings is 1. The van der Waals surface area contributed by atoms with Crippen molar-refractivity contribution >= 4 is 63.3 Å². The Bertz CT molecular complexity index is 695. The molecule has 0 atom stereocenters. The highest BCUT2D eigenvalue weighted by molar-refractivity contribution is 14.0. The van der Waals surface area contributed by atoms with E-state index in [9.17, 15) is 8.42 Å². The Morgan fingerprint density at radius 3 is 2.52 bits per heavy atom. The molecule has 1 saturated heterocycles. The molecule has 154 valence electrons. The SMILES string of the molecule is CCNC(=NCCS(=O)(=O)N1CCSCC1)N(C)Cc1ccc(Cl)cc1.I. The summed E-state index contributed by atoms with van der Waals surface area (Å²) in [6.45, 7) is 4.84. The Morgan fingerprint density at radius 2 is 1.93 bits per heavy atom. The van der Waals surface area contributed by atoms with E-state index in [0.29, 0.717) is 30.6 Å². The second-order valence-corrected chi connectivity index (χ2v) is 9.80. The van der Waals surface area contributed by atoms with E-state index >= 15 is 0 Å². The molecule has 1 aromatic rings. The number of nitrogens with one attached hydrogen (secondary N) is 1. The number of sulfonamides is 1. The van der Waals surface area contributed by atoms with Gasteiger partial charge in [0.05, 0.1) is 12.3 Å². The molecule has 0 saturated carbocycles. The van der Waals surface area contributed by atoms with Crippen molar-refractivity contribution in [1.29, 1.82) is 0 Å². The minimum atomic E-state index is -3.23. The molecule has 0 unspecified atom stereocenters. The molecule has 1 aromatic carbocycles. The quantitative estimate of drug-likeness (QED) is 0.324. The largest absolute Gasteiger partial charge is 0.357 e. The van der Waals surface area contributed by atoms with Crippen LogP contribution in [0.25, 0.3) is 0 Å². The number of nitrogens with zero attached hydrogens (tertiary/aromatic N) is 3. The van der Waals surface area contributed by atoms with Crippen molar-refractivity contribution in [2.45, 2.75) is 13.5 Å². The number of aliphatic imine (C=N–C) groups is 1. The Balaban J connectivity index is 0.00000364. The lowest BCUT2D eigenvalue weighted by Crippen LogP contribution is -2.41. The molecule has 0 bridgehead atoms. The average molecular weight is 547 g/mol. The van der Waals surface area contributed by atoms with Gasteiger partial charge in [0.15, 0.2) is 5.96 Å². The van der Waals surface area contributed by atoms with Crippen LogP contribution >= 0.6 is 47.3 Å². The molecule has 0 radical (unpaired) electrons. The fraction of sp³-hybridized carbons (Fsp3) is 0.588. The standard InChI is InChI=1S/C17H27ClN4O2S2.HI/c1-3-19-17(21(2)14-15-4-6-16(18)7-5-15)20-8-13-26(23,24)22-9-11-25-12-10-22;/h4-7H,3,8-14H2,1-2H3,(H,19,20);1H. The van der Waals surface area contributed by atoms with E-state index in [1.165, 1.54) is 0 Å². The lowest BCUT2D eigenvalue weighted by atomic mass is 10.2. The maximum atomic E-state index is 12.4. The third-order valence-electron chi connectivity index (χ3n) is 4.00. The van der Waals surface area contributed by atoms with E-state index < -0.39 is 10.0 Å². The highest BCUT2D eigenvalue weighted by Gasteiger charge is 2.23. The molecule has 1 N–H and O–H groups in total. The molecule has 6 nitrogen and oxygen atoms in total. The van der Waals surface area contributed by atoms with Crippen molar-refractivity contribution in [2.24, 2.45) is 4.99 Å². The van der Waals surface area contributed by atoms with Gasteiger partial charge in [0.25, 0.3) is 0 Å². The van der Waals surface area contributed by atoms with Gasteiger partial charge in [0.2, 0.25) is 10.0 Å². The molecule has 1 heterocycles. The van der Waals surface area contributed by atoms with Gasteiger partial charge in [-0.3, -0.25) is 4.99 Å². The summed E-state index contributed by atoms with van der Waals surface area (Å²) in [5.41, 5.74) is 1.11. The van der Waals surface area contributed by atoms with Crippen LogP contribution in [0.2, 0.25) is 5.02 Å².